The van der Waals surface area contributed by atoms with E-state index in [-0.39, 0.29) is 24.3 Å². The summed E-state index contributed by atoms with van der Waals surface area (Å²) in [4.78, 5) is 32.8. The van der Waals surface area contributed by atoms with Gasteiger partial charge in [0, 0.05) is 19.2 Å². The number of amides is 1. The molecule has 0 aromatic carbocycles. The minimum absolute atomic E-state index is 0.0527. The lowest BCUT2D eigenvalue weighted by molar-refractivity contribution is -0.384. The van der Waals surface area contributed by atoms with Crippen molar-refractivity contribution in [1.29, 1.82) is 0 Å². The Morgan fingerprint density at radius 2 is 2.21 bits per heavy atom. The molecule has 19 heavy (non-hydrogen) atoms. The molecule has 1 N–H and O–H groups in total. The molecule has 8 heteroatoms. The van der Waals surface area contributed by atoms with Gasteiger partial charge in [0.2, 0.25) is 0 Å². The highest BCUT2D eigenvalue weighted by atomic mass is 16.6. The van der Waals surface area contributed by atoms with Crippen LogP contribution < -0.4 is 5.32 Å². The standard InChI is InChI=1S/C11H15N3O5/c1-3-13-7-8(14(17)18)6-9(13)11(16)12-5-4-10(15)19-2/h6-7H,3-5H2,1-2H3,(H,12,16). The van der Waals surface area contributed by atoms with Crippen molar-refractivity contribution in [3.63, 3.8) is 0 Å². The molecule has 1 amide bonds. The van der Waals surface area contributed by atoms with Crippen LogP contribution in [0, 0.1) is 10.1 Å². The Hall–Kier alpha value is -2.38. The maximum atomic E-state index is 11.8. The SMILES string of the molecule is CCn1cc([N+](=O)[O-])cc1C(=O)NCCC(=O)OC. The molecular weight excluding hydrogens is 254 g/mol. The summed E-state index contributed by atoms with van der Waals surface area (Å²) in [6.45, 7) is 2.33. The molecule has 1 aromatic heterocycles. The van der Waals surface area contributed by atoms with E-state index in [4.69, 9.17) is 0 Å². The molecule has 0 radical (unpaired) electrons. The molecule has 1 heterocycles. The van der Waals surface area contributed by atoms with Crippen molar-refractivity contribution in [2.45, 2.75) is 19.9 Å². The van der Waals surface area contributed by atoms with Gasteiger partial charge < -0.3 is 14.6 Å². The van der Waals surface area contributed by atoms with E-state index in [0.717, 1.165) is 0 Å². The number of nitrogens with one attached hydrogen (secondary N) is 1. The normalized spacial score (nSPS) is 10.0. The zero-order chi connectivity index (χ0) is 14.4. The second-order valence-electron chi connectivity index (χ2n) is 3.71. The summed E-state index contributed by atoms with van der Waals surface area (Å²) in [7, 11) is 1.26. The monoisotopic (exact) mass is 269 g/mol. The average Bonchev–Trinajstić information content (AvgIpc) is 2.82. The summed E-state index contributed by atoms with van der Waals surface area (Å²) in [6, 6.07) is 1.21. The van der Waals surface area contributed by atoms with E-state index in [1.165, 1.54) is 23.9 Å². The van der Waals surface area contributed by atoms with Crippen molar-refractivity contribution in [3.8, 4) is 0 Å². The molecule has 0 fully saturated rings. The van der Waals surface area contributed by atoms with Crippen molar-refractivity contribution >= 4 is 17.6 Å². The van der Waals surface area contributed by atoms with Gasteiger partial charge in [-0.3, -0.25) is 19.7 Å². The molecule has 0 saturated heterocycles. The number of nitro groups is 1. The number of esters is 1. The Morgan fingerprint density at radius 3 is 2.74 bits per heavy atom. The molecule has 0 aliphatic rings. The van der Waals surface area contributed by atoms with Crippen LogP contribution in [0.2, 0.25) is 0 Å². The van der Waals surface area contributed by atoms with E-state index < -0.39 is 16.8 Å². The second kappa shape index (κ2) is 6.53. The predicted octanol–water partition coefficient (Wildman–Crippen LogP) is 0.709. The number of nitrogens with zero attached hydrogens (tertiary/aromatic N) is 2. The van der Waals surface area contributed by atoms with E-state index in [0.29, 0.717) is 6.54 Å². The number of carbonyl (C=O) groups is 2. The molecule has 1 rings (SSSR count). The Bertz CT molecular complexity index is 495. The third kappa shape index (κ3) is 3.80. The number of aromatic nitrogens is 1. The van der Waals surface area contributed by atoms with E-state index in [1.807, 2.05) is 0 Å². The molecule has 0 saturated carbocycles. The van der Waals surface area contributed by atoms with Crippen LogP contribution in [0.1, 0.15) is 23.8 Å². The van der Waals surface area contributed by atoms with Crippen LogP contribution in [0.4, 0.5) is 5.69 Å². The molecule has 1 aromatic rings. The molecule has 0 aliphatic heterocycles. The van der Waals surface area contributed by atoms with Crippen LogP contribution in [0.25, 0.3) is 0 Å². The van der Waals surface area contributed by atoms with Crippen LogP contribution in [0.15, 0.2) is 12.3 Å². The molecule has 0 spiro atoms. The molecule has 0 unspecified atom stereocenters. The van der Waals surface area contributed by atoms with Crippen LogP contribution >= 0.6 is 0 Å². The van der Waals surface area contributed by atoms with Crippen molar-refractivity contribution in [3.05, 3.63) is 28.1 Å². The Labute approximate surface area is 109 Å². The minimum atomic E-state index is -0.558. The largest absolute Gasteiger partial charge is 0.469 e. The fourth-order valence-corrected chi connectivity index (χ4v) is 1.52. The van der Waals surface area contributed by atoms with E-state index in [1.54, 1.807) is 6.92 Å². The number of carbonyl (C=O) groups excluding carboxylic acids is 2. The highest BCUT2D eigenvalue weighted by molar-refractivity contribution is 5.93. The van der Waals surface area contributed by atoms with Crippen LogP contribution in [-0.4, -0.2) is 35.0 Å². The van der Waals surface area contributed by atoms with E-state index in [2.05, 4.69) is 10.1 Å². The molecule has 0 aliphatic carbocycles. The first-order valence-corrected chi connectivity index (χ1v) is 5.69. The van der Waals surface area contributed by atoms with Gasteiger partial charge in [0.05, 0.1) is 24.7 Å². The average molecular weight is 269 g/mol. The first kappa shape index (κ1) is 14.7. The molecule has 104 valence electrons. The third-order valence-corrected chi connectivity index (χ3v) is 2.51. The summed E-state index contributed by atoms with van der Waals surface area (Å²) in [5.74, 6) is -0.893. The van der Waals surface area contributed by atoms with Crippen molar-refractivity contribution in [1.82, 2.24) is 9.88 Å². The van der Waals surface area contributed by atoms with Gasteiger partial charge in [0.1, 0.15) is 5.69 Å². The number of methoxy groups -OCH3 is 1. The van der Waals surface area contributed by atoms with Gasteiger partial charge in [0.25, 0.3) is 11.6 Å². The van der Waals surface area contributed by atoms with Gasteiger partial charge in [-0.1, -0.05) is 0 Å². The molecule has 8 nitrogen and oxygen atoms in total. The summed E-state index contributed by atoms with van der Waals surface area (Å²) < 4.78 is 5.91. The van der Waals surface area contributed by atoms with Gasteiger partial charge in [-0.25, -0.2) is 0 Å². The zero-order valence-electron chi connectivity index (χ0n) is 10.7. The maximum Gasteiger partial charge on any atom is 0.307 e. The minimum Gasteiger partial charge on any atom is -0.469 e. The third-order valence-electron chi connectivity index (χ3n) is 2.51. The van der Waals surface area contributed by atoms with Gasteiger partial charge in [-0.15, -0.1) is 0 Å². The Kier molecular flexibility index (Phi) is 5.04. The van der Waals surface area contributed by atoms with E-state index >= 15 is 0 Å². The molecule has 0 bridgehead atoms. The van der Waals surface area contributed by atoms with Crippen LogP contribution in [-0.2, 0) is 16.1 Å². The number of rotatable bonds is 6. The van der Waals surface area contributed by atoms with Gasteiger partial charge in [-0.2, -0.15) is 0 Å². The molecular formula is C11H15N3O5. The summed E-state index contributed by atoms with van der Waals surface area (Å²) in [5.41, 5.74) is 0.0547. The van der Waals surface area contributed by atoms with Crippen molar-refractivity contribution in [2.75, 3.05) is 13.7 Å². The Morgan fingerprint density at radius 1 is 1.53 bits per heavy atom. The van der Waals surface area contributed by atoms with Crippen molar-refractivity contribution in [2.24, 2.45) is 0 Å². The zero-order valence-corrected chi connectivity index (χ0v) is 10.7. The van der Waals surface area contributed by atoms with Gasteiger partial charge in [-0.05, 0) is 6.92 Å². The van der Waals surface area contributed by atoms with Gasteiger partial charge >= 0.3 is 5.97 Å². The number of ether oxygens (including phenoxy) is 1. The summed E-state index contributed by atoms with van der Waals surface area (Å²) in [6.07, 6.45) is 1.35. The first-order valence-electron chi connectivity index (χ1n) is 5.69. The topological polar surface area (TPSA) is 103 Å². The maximum absolute atomic E-state index is 11.8. The predicted molar refractivity (Wildman–Crippen MR) is 65.7 cm³/mol. The van der Waals surface area contributed by atoms with Gasteiger partial charge in [0.15, 0.2) is 0 Å². The fourth-order valence-electron chi connectivity index (χ4n) is 1.52. The highest BCUT2D eigenvalue weighted by Gasteiger charge is 2.18. The second-order valence-corrected chi connectivity index (χ2v) is 3.71. The lowest BCUT2D eigenvalue weighted by Crippen LogP contribution is -2.28. The lowest BCUT2D eigenvalue weighted by atomic mass is 10.3. The Balaban J connectivity index is 2.70. The van der Waals surface area contributed by atoms with Crippen LogP contribution in [0.3, 0.4) is 0 Å². The lowest BCUT2D eigenvalue weighted by Gasteiger charge is -2.06. The summed E-state index contributed by atoms with van der Waals surface area (Å²) in [5, 5.41) is 13.2. The first-order chi connectivity index (χ1) is 8.99. The molecule has 0 atom stereocenters. The highest BCUT2D eigenvalue weighted by Crippen LogP contribution is 2.16. The summed E-state index contributed by atoms with van der Waals surface area (Å²) >= 11 is 0. The number of hydrogen-bond donors (Lipinski definition) is 1. The number of aryl methyl sites for hydroxylation is 1. The van der Waals surface area contributed by atoms with Crippen LogP contribution in [0.5, 0.6) is 0 Å². The fraction of sp³-hybridized carbons (Fsp3) is 0.455. The number of hydrogen-bond acceptors (Lipinski definition) is 5. The van der Waals surface area contributed by atoms with Crippen molar-refractivity contribution < 1.29 is 19.2 Å². The smallest absolute Gasteiger partial charge is 0.307 e. The van der Waals surface area contributed by atoms with E-state index in [9.17, 15) is 19.7 Å². The quantitative estimate of drug-likeness (QED) is 0.465.